The van der Waals surface area contributed by atoms with Crippen molar-refractivity contribution in [2.24, 2.45) is 0 Å². The Balaban J connectivity index is 0.000000810. The van der Waals surface area contributed by atoms with Crippen LogP contribution in [0.4, 0.5) is 0 Å². The molecule has 10 heavy (non-hydrogen) atoms. The SMILES string of the molecule is CC(C)(C)c1[c-]onc1.[W+2]. The maximum Gasteiger partial charge on any atom is 2.00 e. The van der Waals surface area contributed by atoms with Crippen LogP contribution in [0.3, 0.4) is 0 Å². The monoisotopic (exact) mass is 308 g/mol. The molecule has 2 nitrogen and oxygen atoms in total. The zero-order chi connectivity index (χ0) is 6.91. The molecule has 1 rings (SSSR count). The van der Waals surface area contributed by atoms with Crippen molar-refractivity contribution in [3.63, 3.8) is 0 Å². The van der Waals surface area contributed by atoms with Crippen LogP contribution >= 0.6 is 0 Å². The van der Waals surface area contributed by atoms with Gasteiger partial charge in [-0.1, -0.05) is 27.0 Å². The fourth-order valence-corrected chi connectivity index (χ4v) is 0.528. The van der Waals surface area contributed by atoms with Gasteiger partial charge in [0.15, 0.2) is 0 Å². The Morgan fingerprint density at radius 2 is 2.10 bits per heavy atom. The Hall–Kier alpha value is -0.102. The minimum atomic E-state index is 0. The first kappa shape index (κ1) is 9.90. The third-order valence-electron chi connectivity index (χ3n) is 1.20. The van der Waals surface area contributed by atoms with E-state index in [1.165, 1.54) is 0 Å². The molecule has 3 heteroatoms. The Morgan fingerprint density at radius 3 is 2.30 bits per heavy atom. The van der Waals surface area contributed by atoms with Crippen LogP contribution < -0.4 is 0 Å². The van der Waals surface area contributed by atoms with E-state index in [2.05, 4.69) is 36.7 Å². The van der Waals surface area contributed by atoms with E-state index < -0.39 is 0 Å². The minimum Gasteiger partial charge on any atom is -0.480 e. The fourth-order valence-electron chi connectivity index (χ4n) is 0.528. The number of aromatic nitrogens is 1. The first-order chi connectivity index (χ1) is 4.11. The Bertz CT molecular complexity index is 176. The Kier molecular flexibility index (Phi) is 3.30. The summed E-state index contributed by atoms with van der Waals surface area (Å²) in [6.07, 6.45) is 4.39. The molecule has 0 bridgehead atoms. The van der Waals surface area contributed by atoms with Gasteiger partial charge < -0.3 is 4.52 Å². The maximum atomic E-state index is 4.57. The smallest absolute Gasteiger partial charge is 0.480 e. The molecule has 0 aliphatic heterocycles. The first-order valence-corrected chi connectivity index (χ1v) is 2.93. The van der Waals surface area contributed by atoms with E-state index in [4.69, 9.17) is 0 Å². The first-order valence-electron chi connectivity index (χ1n) is 2.93. The van der Waals surface area contributed by atoms with Crippen molar-refractivity contribution < 1.29 is 25.6 Å². The van der Waals surface area contributed by atoms with Gasteiger partial charge in [0.1, 0.15) is 0 Å². The normalized spacial score (nSPS) is 10.7. The summed E-state index contributed by atoms with van der Waals surface area (Å²) in [5.41, 5.74) is 1.13. The topological polar surface area (TPSA) is 26.0 Å². The van der Waals surface area contributed by atoms with Gasteiger partial charge in [-0.3, -0.25) is 0 Å². The summed E-state index contributed by atoms with van der Waals surface area (Å²) in [6, 6.07) is 0. The standard InChI is InChI=1S/C7H10NO.W/c1-7(2,3)6-4-8-9-5-6;/h4H,1-3H3;/q-1;+2. The fraction of sp³-hybridized carbons (Fsp3) is 0.571. The summed E-state index contributed by atoms with van der Waals surface area (Å²) in [5.74, 6) is 0. The summed E-state index contributed by atoms with van der Waals surface area (Å²) in [4.78, 5) is 0. The molecule has 0 saturated heterocycles. The summed E-state index contributed by atoms with van der Waals surface area (Å²) in [7, 11) is 0. The summed E-state index contributed by atoms with van der Waals surface area (Å²) in [5, 5.41) is 3.56. The van der Waals surface area contributed by atoms with Crippen LogP contribution in [0.15, 0.2) is 10.7 Å². The second kappa shape index (κ2) is 3.34. The van der Waals surface area contributed by atoms with Gasteiger partial charge in [-0.15, -0.1) is 0 Å². The number of nitrogens with zero attached hydrogens (tertiary/aromatic N) is 1. The Labute approximate surface area is 75.2 Å². The van der Waals surface area contributed by atoms with Crippen LogP contribution in [0.1, 0.15) is 26.3 Å². The number of rotatable bonds is 0. The average molecular weight is 308 g/mol. The van der Waals surface area contributed by atoms with Gasteiger partial charge in [0.05, 0.1) is 0 Å². The molecule has 0 saturated carbocycles. The van der Waals surface area contributed by atoms with Crippen molar-refractivity contribution >= 4 is 0 Å². The molecule has 0 spiro atoms. The van der Waals surface area contributed by atoms with Crippen LogP contribution in [0.25, 0.3) is 0 Å². The largest absolute Gasteiger partial charge is 2.00 e. The van der Waals surface area contributed by atoms with Gasteiger partial charge in [-0.05, 0) is 11.7 Å². The maximum absolute atomic E-state index is 4.57. The van der Waals surface area contributed by atoms with Gasteiger partial charge >= 0.3 is 21.1 Å². The summed E-state index contributed by atoms with van der Waals surface area (Å²) in [6.45, 7) is 6.28. The molecular weight excluding hydrogens is 298 g/mol. The molecule has 1 aromatic heterocycles. The van der Waals surface area contributed by atoms with Gasteiger partial charge in [-0.25, -0.2) is 5.16 Å². The van der Waals surface area contributed by atoms with Gasteiger partial charge in [0.2, 0.25) is 0 Å². The number of hydrogen-bond acceptors (Lipinski definition) is 2. The van der Waals surface area contributed by atoms with Gasteiger partial charge in [-0.2, -0.15) is 5.56 Å². The van der Waals surface area contributed by atoms with E-state index in [1.54, 1.807) is 6.20 Å². The molecule has 0 aliphatic carbocycles. The molecule has 54 valence electrons. The number of hydrogen-bond donors (Lipinski definition) is 0. The van der Waals surface area contributed by atoms with Crippen molar-refractivity contribution in [3.05, 3.63) is 18.0 Å². The second-order valence-corrected chi connectivity index (χ2v) is 3.09. The van der Waals surface area contributed by atoms with Gasteiger partial charge in [0, 0.05) is 0 Å². The molecule has 0 N–H and O–H groups in total. The predicted molar refractivity (Wildman–Crippen MR) is 34.0 cm³/mol. The zero-order valence-electron chi connectivity index (χ0n) is 6.34. The Morgan fingerprint density at radius 1 is 1.50 bits per heavy atom. The quantitative estimate of drug-likeness (QED) is 0.683. The zero-order valence-corrected chi connectivity index (χ0v) is 9.27. The summed E-state index contributed by atoms with van der Waals surface area (Å²) >= 11 is 0. The molecule has 1 heterocycles. The second-order valence-electron chi connectivity index (χ2n) is 3.09. The van der Waals surface area contributed by atoms with Gasteiger partial charge in [0.25, 0.3) is 0 Å². The molecule has 0 unspecified atom stereocenters. The molecule has 0 atom stereocenters. The third-order valence-corrected chi connectivity index (χ3v) is 1.20. The minimum absolute atomic E-state index is 0. The van der Waals surface area contributed by atoms with Crippen LogP contribution in [-0.2, 0) is 26.5 Å². The van der Waals surface area contributed by atoms with Crippen LogP contribution in [0.5, 0.6) is 0 Å². The van der Waals surface area contributed by atoms with Crippen LogP contribution in [0, 0.1) is 6.26 Å². The average Bonchev–Trinajstić information content (AvgIpc) is 2.08. The van der Waals surface area contributed by atoms with Crippen molar-refractivity contribution in [1.29, 1.82) is 0 Å². The molecule has 0 radical (unpaired) electrons. The van der Waals surface area contributed by atoms with Crippen LogP contribution in [0.2, 0.25) is 0 Å². The molecule has 0 aliphatic rings. The van der Waals surface area contributed by atoms with E-state index >= 15 is 0 Å². The third kappa shape index (κ3) is 2.26. The van der Waals surface area contributed by atoms with Crippen molar-refractivity contribution in [2.75, 3.05) is 0 Å². The molecule has 0 aromatic carbocycles. The predicted octanol–water partition coefficient (Wildman–Crippen LogP) is 1.77. The summed E-state index contributed by atoms with van der Waals surface area (Å²) < 4.78 is 4.57. The van der Waals surface area contributed by atoms with E-state index in [9.17, 15) is 0 Å². The van der Waals surface area contributed by atoms with Crippen molar-refractivity contribution in [1.82, 2.24) is 5.16 Å². The van der Waals surface area contributed by atoms with E-state index in [1.807, 2.05) is 0 Å². The van der Waals surface area contributed by atoms with E-state index in [0.29, 0.717) is 0 Å². The van der Waals surface area contributed by atoms with Crippen LogP contribution in [-0.4, -0.2) is 5.16 Å². The molecule has 0 fully saturated rings. The molecule has 0 amide bonds. The van der Waals surface area contributed by atoms with E-state index in [0.717, 1.165) is 5.56 Å². The van der Waals surface area contributed by atoms with Crippen molar-refractivity contribution in [2.45, 2.75) is 26.2 Å². The molecule has 1 aromatic rings. The van der Waals surface area contributed by atoms with Crippen molar-refractivity contribution in [3.8, 4) is 0 Å². The molecular formula is C7H10NOW+. The van der Waals surface area contributed by atoms with E-state index in [-0.39, 0.29) is 26.5 Å².